The van der Waals surface area contributed by atoms with Crippen molar-refractivity contribution in [2.24, 2.45) is 0 Å². The number of carboxylic acids is 1. The highest BCUT2D eigenvalue weighted by molar-refractivity contribution is 5.95. The highest BCUT2D eigenvalue weighted by Gasteiger charge is 2.15. The Morgan fingerprint density at radius 1 is 1.33 bits per heavy atom. The molecule has 21 heavy (non-hydrogen) atoms. The first-order valence-corrected chi connectivity index (χ1v) is 6.81. The second-order valence-electron chi connectivity index (χ2n) is 4.69. The normalized spacial score (nSPS) is 11.6. The molecule has 6 nitrogen and oxygen atoms in total. The fourth-order valence-corrected chi connectivity index (χ4v) is 1.76. The predicted octanol–water partition coefficient (Wildman–Crippen LogP) is 2.08. The first kappa shape index (κ1) is 16.8. The first-order chi connectivity index (χ1) is 9.97. The summed E-state index contributed by atoms with van der Waals surface area (Å²) in [6.45, 7) is 4.21. The fraction of sp³-hybridized carbons (Fsp3) is 0.467. The molecule has 116 valence electrons. The van der Waals surface area contributed by atoms with Crippen LogP contribution in [0, 0.1) is 0 Å². The van der Waals surface area contributed by atoms with Crippen LogP contribution in [0.1, 0.15) is 37.0 Å². The quantitative estimate of drug-likeness (QED) is 0.767. The van der Waals surface area contributed by atoms with E-state index in [0.29, 0.717) is 23.7 Å². The number of ether oxygens (including phenoxy) is 2. The Balaban J connectivity index is 2.78. The molecule has 1 atom stereocenters. The van der Waals surface area contributed by atoms with E-state index in [1.54, 1.807) is 25.1 Å². The lowest BCUT2D eigenvalue weighted by Gasteiger charge is -2.14. The number of hydrogen-bond acceptors (Lipinski definition) is 4. The van der Waals surface area contributed by atoms with Crippen molar-refractivity contribution in [1.82, 2.24) is 5.32 Å². The minimum Gasteiger partial charge on any atom is -0.493 e. The summed E-state index contributed by atoms with van der Waals surface area (Å²) in [6.07, 6.45) is 0.749. The number of rotatable bonds is 8. The van der Waals surface area contributed by atoms with Gasteiger partial charge in [-0.05, 0) is 31.5 Å². The number of aliphatic carboxylic acids is 1. The Hall–Kier alpha value is -2.24. The van der Waals surface area contributed by atoms with Gasteiger partial charge in [-0.25, -0.2) is 0 Å². The van der Waals surface area contributed by atoms with Crippen molar-refractivity contribution in [3.63, 3.8) is 0 Å². The molecule has 0 spiro atoms. The van der Waals surface area contributed by atoms with Gasteiger partial charge in [0.15, 0.2) is 11.5 Å². The summed E-state index contributed by atoms with van der Waals surface area (Å²) in [5.41, 5.74) is 0.396. The Labute approximate surface area is 124 Å². The van der Waals surface area contributed by atoms with Crippen LogP contribution in [-0.4, -0.2) is 36.7 Å². The Bertz CT molecular complexity index is 501. The van der Waals surface area contributed by atoms with Crippen molar-refractivity contribution in [2.75, 3.05) is 13.7 Å². The number of hydrogen-bond donors (Lipinski definition) is 2. The molecule has 1 rings (SSSR count). The number of amides is 1. The second kappa shape index (κ2) is 8.14. The topological polar surface area (TPSA) is 84.9 Å². The second-order valence-corrected chi connectivity index (χ2v) is 4.69. The van der Waals surface area contributed by atoms with Gasteiger partial charge in [0.05, 0.1) is 20.1 Å². The van der Waals surface area contributed by atoms with Crippen LogP contribution < -0.4 is 14.8 Å². The minimum absolute atomic E-state index is 0.124. The van der Waals surface area contributed by atoms with E-state index in [-0.39, 0.29) is 12.3 Å². The van der Waals surface area contributed by atoms with Gasteiger partial charge in [-0.2, -0.15) is 0 Å². The monoisotopic (exact) mass is 295 g/mol. The molecule has 0 aliphatic heterocycles. The van der Waals surface area contributed by atoms with Crippen molar-refractivity contribution in [2.45, 2.75) is 32.7 Å². The number of nitrogens with one attached hydrogen (secondary N) is 1. The molecule has 0 aliphatic carbocycles. The van der Waals surface area contributed by atoms with E-state index in [0.717, 1.165) is 6.42 Å². The zero-order valence-electron chi connectivity index (χ0n) is 12.5. The van der Waals surface area contributed by atoms with Crippen LogP contribution in [0.3, 0.4) is 0 Å². The van der Waals surface area contributed by atoms with Gasteiger partial charge in [0.25, 0.3) is 5.91 Å². The standard InChI is InChI=1S/C15H21NO5/c1-4-7-21-12-6-5-11(9-13(12)20-3)15(19)16-10(2)8-14(17)18/h5-6,9-10H,4,7-8H2,1-3H3,(H,16,19)(H,17,18)/t10-/m0/s1. The predicted molar refractivity (Wildman–Crippen MR) is 78.0 cm³/mol. The van der Waals surface area contributed by atoms with E-state index < -0.39 is 12.0 Å². The molecular weight excluding hydrogens is 274 g/mol. The van der Waals surface area contributed by atoms with E-state index in [9.17, 15) is 9.59 Å². The molecule has 1 aromatic rings. The summed E-state index contributed by atoms with van der Waals surface area (Å²) in [4.78, 5) is 22.6. The third kappa shape index (κ3) is 5.33. The van der Waals surface area contributed by atoms with Crippen LogP contribution >= 0.6 is 0 Å². The average Bonchev–Trinajstić information content (AvgIpc) is 2.43. The van der Waals surface area contributed by atoms with Gasteiger partial charge < -0.3 is 19.9 Å². The Morgan fingerprint density at radius 3 is 2.62 bits per heavy atom. The van der Waals surface area contributed by atoms with Crippen LogP contribution in [0.5, 0.6) is 11.5 Å². The van der Waals surface area contributed by atoms with Crippen LogP contribution in [0.2, 0.25) is 0 Å². The number of methoxy groups -OCH3 is 1. The molecule has 0 bridgehead atoms. The van der Waals surface area contributed by atoms with Crippen molar-refractivity contribution < 1.29 is 24.2 Å². The van der Waals surface area contributed by atoms with Gasteiger partial charge in [-0.3, -0.25) is 9.59 Å². The van der Waals surface area contributed by atoms with Gasteiger partial charge in [0, 0.05) is 11.6 Å². The fourth-order valence-electron chi connectivity index (χ4n) is 1.76. The Morgan fingerprint density at radius 2 is 2.05 bits per heavy atom. The highest BCUT2D eigenvalue weighted by Crippen LogP contribution is 2.28. The molecule has 0 heterocycles. The average molecular weight is 295 g/mol. The molecule has 0 saturated carbocycles. The molecule has 0 aliphatic rings. The summed E-state index contributed by atoms with van der Waals surface area (Å²) < 4.78 is 10.7. The minimum atomic E-state index is -0.955. The molecule has 1 aromatic carbocycles. The molecule has 0 fully saturated rings. The van der Waals surface area contributed by atoms with Crippen LogP contribution in [-0.2, 0) is 4.79 Å². The lowest BCUT2D eigenvalue weighted by molar-refractivity contribution is -0.137. The highest BCUT2D eigenvalue weighted by atomic mass is 16.5. The Kier molecular flexibility index (Phi) is 6.52. The first-order valence-electron chi connectivity index (χ1n) is 6.81. The lowest BCUT2D eigenvalue weighted by Crippen LogP contribution is -2.34. The summed E-state index contributed by atoms with van der Waals surface area (Å²) in [6, 6.07) is 4.42. The zero-order valence-corrected chi connectivity index (χ0v) is 12.5. The van der Waals surface area contributed by atoms with Gasteiger partial charge in [-0.15, -0.1) is 0 Å². The van der Waals surface area contributed by atoms with Crippen molar-refractivity contribution in [3.05, 3.63) is 23.8 Å². The smallest absolute Gasteiger partial charge is 0.305 e. The van der Waals surface area contributed by atoms with Gasteiger partial charge in [-0.1, -0.05) is 6.92 Å². The maximum absolute atomic E-state index is 12.0. The molecular formula is C15H21NO5. The summed E-state index contributed by atoms with van der Waals surface area (Å²) in [5.74, 6) is -0.246. The zero-order chi connectivity index (χ0) is 15.8. The molecule has 0 unspecified atom stereocenters. The van der Waals surface area contributed by atoms with Crippen LogP contribution in [0.25, 0.3) is 0 Å². The van der Waals surface area contributed by atoms with Crippen molar-refractivity contribution in [3.8, 4) is 11.5 Å². The lowest BCUT2D eigenvalue weighted by atomic mass is 10.1. The summed E-state index contributed by atoms with van der Waals surface area (Å²) >= 11 is 0. The van der Waals surface area contributed by atoms with E-state index in [4.69, 9.17) is 14.6 Å². The number of benzene rings is 1. The SMILES string of the molecule is CCCOc1ccc(C(=O)N[C@@H](C)CC(=O)O)cc1OC. The van der Waals surface area contributed by atoms with E-state index in [1.807, 2.05) is 6.92 Å². The largest absolute Gasteiger partial charge is 0.493 e. The van der Waals surface area contributed by atoms with Crippen molar-refractivity contribution >= 4 is 11.9 Å². The van der Waals surface area contributed by atoms with Gasteiger partial charge >= 0.3 is 5.97 Å². The molecule has 0 saturated heterocycles. The third-order valence-electron chi connectivity index (χ3n) is 2.75. The summed E-state index contributed by atoms with van der Waals surface area (Å²) in [7, 11) is 1.50. The molecule has 0 radical (unpaired) electrons. The number of carbonyl (C=O) groups is 2. The molecule has 2 N–H and O–H groups in total. The van der Waals surface area contributed by atoms with Crippen LogP contribution in [0.4, 0.5) is 0 Å². The third-order valence-corrected chi connectivity index (χ3v) is 2.75. The van der Waals surface area contributed by atoms with Crippen molar-refractivity contribution in [1.29, 1.82) is 0 Å². The van der Waals surface area contributed by atoms with E-state index in [2.05, 4.69) is 5.32 Å². The van der Waals surface area contributed by atoms with E-state index in [1.165, 1.54) is 7.11 Å². The molecule has 6 heteroatoms. The number of carboxylic acid groups (broad SMARTS) is 1. The molecule has 0 aromatic heterocycles. The summed E-state index contributed by atoms with van der Waals surface area (Å²) in [5, 5.41) is 11.3. The number of carbonyl (C=O) groups excluding carboxylic acids is 1. The maximum Gasteiger partial charge on any atom is 0.305 e. The van der Waals surface area contributed by atoms with E-state index >= 15 is 0 Å². The van der Waals surface area contributed by atoms with Gasteiger partial charge in [0.1, 0.15) is 0 Å². The van der Waals surface area contributed by atoms with Gasteiger partial charge in [0.2, 0.25) is 0 Å². The molecule has 1 amide bonds. The maximum atomic E-state index is 12.0. The van der Waals surface area contributed by atoms with Crippen LogP contribution in [0.15, 0.2) is 18.2 Å².